The van der Waals surface area contributed by atoms with Gasteiger partial charge in [0.2, 0.25) is 0 Å². The maximum Gasteiger partial charge on any atom is 0.336 e. The molecule has 1 saturated heterocycles. The molecule has 2 heterocycles. The van der Waals surface area contributed by atoms with Crippen LogP contribution < -0.4 is 10.9 Å². The summed E-state index contributed by atoms with van der Waals surface area (Å²) in [6.07, 6.45) is 0. The zero-order chi connectivity index (χ0) is 14.1. The first kappa shape index (κ1) is 13.6. The van der Waals surface area contributed by atoms with Crippen molar-refractivity contribution in [1.29, 1.82) is 0 Å². The number of hydrogen-bond acceptors (Lipinski definition) is 4. The largest absolute Gasteiger partial charge is 0.423 e. The van der Waals surface area contributed by atoms with Crippen LogP contribution in [0, 0.1) is 6.92 Å². The van der Waals surface area contributed by atoms with Crippen LogP contribution >= 0.6 is 11.6 Å². The number of hydrogen-bond donors (Lipinski definition) is 1. The number of benzene rings is 1. The van der Waals surface area contributed by atoms with Crippen molar-refractivity contribution < 1.29 is 4.42 Å². The van der Waals surface area contributed by atoms with Crippen molar-refractivity contribution in [3.8, 4) is 0 Å². The van der Waals surface area contributed by atoms with E-state index in [-0.39, 0.29) is 5.63 Å². The molecule has 0 aliphatic carbocycles. The zero-order valence-corrected chi connectivity index (χ0v) is 12.2. The standard InChI is InChI=1S/C15H17ClN2O2/c1-10-6-14-12(8-13(10)16)11(7-15(19)20-14)9-18-4-2-17-3-5-18/h6-8,17H,2-5,9H2,1H3. The van der Waals surface area contributed by atoms with Crippen molar-refractivity contribution in [1.82, 2.24) is 10.2 Å². The Kier molecular flexibility index (Phi) is 3.78. The minimum Gasteiger partial charge on any atom is -0.423 e. The summed E-state index contributed by atoms with van der Waals surface area (Å²) in [6, 6.07) is 5.31. The molecule has 0 amide bonds. The Bertz CT molecular complexity index is 690. The van der Waals surface area contributed by atoms with Crippen LogP contribution in [-0.4, -0.2) is 31.1 Å². The van der Waals surface area contributed by atoms with E-state index in [9.17, 15) is 4.79 Å². The highest BCUT2D eigenvalue weighted by Crippen LogP contribution is 2.25. The summed E-state index contributed by atoms with van der Waals surface area (Å²) in [5, 5.41) is 4.95. The Morgan fingerprint density at radius 2 is 2.05 bits per heavy atom. The molecule has 0 radical (unpaired) electrons. The van der Waals surface area contributed by atoms with E-state index >= 15 is 0 Å². The van der Waals surface area contributed by atoms with Gasteiger partial charge in [-0.15, -0.1) is 0 Å². The first-order chi connectivity index (χ1) is 9.63. The topological polar surface area (TPSA) is 45.5 Å². The van der Waals surface area contributed by atoms with Crippen molar-refractivity contribution in [3.63, 3.8) is 0 Å². The molecule has 1 N–H and O–H groups in total. The van der Waals surface area contributed by atoms with Crippen LogP contribution in [0.25, 0.3) is 11.0 Å². The van der Waals surface area contributed by atoms with Crippen molar-refractivity contribution in [2.75, 3.05) is 26.2 Å². The third kappa shape index (κ3) is 2.73. The van der Waals surface area contributed by atoms with E-state index < -0.39 is 0 Å². The summed E-state index contributed by atoms with van der Waals surface area (Å²) in [5.74, 6) is 0. The van der Waals surface area contributed by atoms with Crippen LogP contribution in [0.1, 0.15) is 11.1 Å². The monoisotopic (exact) mass is 292 g/mol. The van der Waals surface area contributed by atoms with Gasteiger partial charge in [0.25, 0.3) is 0 Å². The molecule has 3 rings (SSSR count). The smallest absolute Gasteiger partial charge is 0.336 e. The maximum absolute atomic E-state index is 11.7. The molecule has 4 nitrogen and oxygen atoms in total. The lowest BCUT2D eigenvalue weighted by atomic mass is 10.1. The van der Waals surface area contributed by atoms with E-state index in [1.54, 1.807) is 6.07 Å². The first-order valence-corrected chi connectivity index (χ1v) is 7.17. The van der Waals surface area contributed by atoms with Gasteiger partial charge in [-0.2, -0.15) is 0 Å². The molecule has 1 aliphatic heterocycles. The summed E-state index contributed by atoms with van der Waals surface area (Å²) < 4.78 is 5.28. The van der Waals surface area contributed by atoms with E-state index in [1.165, 1.54) is 0 Å². The van der Waals surface area contributed by atoms with Gasteiger partial charge in [-0.25, -0.2) is 4.79 Å². The van der Waals surface area contributed by atoms with Crippen molar-refractivity contribution in [3.05, 3.63) is 44.8 Å². The second kappa shape index (κ2) is 5.56. The normalized spacial score (nSPS) is 16.7. The number of nitrogens with one attached hydrogen (secondary N) is 1. The quantitative estimate of drug-likeness (QED) is 0.862. The average molecular weight is 293 g/mol. The Morgan fingerprint density at radius 3 is 2.80 bits per heavy atom. The van der Waals surface area contributed by atoms with E-state index in [0.717, 1.165) is 49.2 Å². The Balaban J connectivity index is 2.04. The number of fused-ring (bicyclic) bond motifs is 1. The highest BCUT2D eigenvalue weighted by molar-refractivity contribution is 6.32. The van der Waals surface area contributed by atoms with Gasteiger partial charge in [0.05, 0.1) is 0 Å². The van der Waals surface area contributed by atoms with E-state index in [1.807, 2.05) is 19.1 Å². The Morgan fingerprint density at radius 1 is 1.30 bits per heavy atom. The molecule has 1 aromatic heterocycles. The van der Waals surface area contributed by atoms with E-state index in [4.69, 9.17) is 16.0 Å². The van der Waals surface area contributed by atoms with Crippen LogP contribution in [0.5, 0.6) is 0 Å². The number of halogens is 1. The van der Waals surface area contributed by atoms with Gasteiger partial charge in [0, 0.05) is 49.2 Å². The minimum absolute atomic E-state index is 0.302. The molecule has 0 atom stereocenters. The lowest BCUT2D eigenvalue weighted by Crippen LogP contribution is -2.43. The SMILES string of the molecule is Cc1cc2oc(=O)cc(CN3CCNCC3)c2cc1Cl. The summed E-state index contributed by atoms with van der Waals surface area (Å²) in [4.78, 5) is 14.0. The number of rotatable bonds is 2. The Labute approximate surface area is 122 Å². The predicted octanol–water partition coefficient (Wildman–Crippen LogP) is 2.16. The molecule has 0 saturated carbocycles. The van der Waals surface area contributed by atoms with Gasteiger partial charge in [0.15, 0.2) is 0 Å². The van der Waals surface area contributed by atoms with Crippen molar-refractivity contribution in [2.24, 2.45) is 0 Å². The van der Waals surface area contributed by atoms with Crippen LogP contribution in [0.3, 0.4) is 0 Å². The van der Waals surface area contributed by atoms with Gasteiger partial charge in [-0.1, -0.05) is 11.6 Å². The fraction of sp³-hybridized carbons (Fsp3) is 0.400. The third-order valence-corrected chi connectivity index (χ3v) is 4.12. The van der Waals surface area contributed by atoms with Crippen LogP contribution in [0.2, 0.25) is 5.02 Å². The molecule has 5 heteroatoms. The molecule has 0 unspecified atom stereocenters. The van der Waals surface area contributed by atoms with Gasteiger partial charge >= 0.3 is 5.63 Å². The summed E-state index contributed by atoms with van der Waals surface area (Å²) >= 11 is 6.20. The summed E-state index contributed by atoms with van der Waals surface area (Å²) in [5.41, 5.74) is 2.22. The zero-order valence-electron chi connectivity index (χ0n) is 11.4. The minimum atomic E-state index is -0.302. The Hall–Kier alpha value is -1.36. The van der Waals surface area contributed by atoms with Crippen molar-refractivity contribution in [2.45, 2.75) is 13.5 Å². The lowest BCUT2D eigenvalue weighted by Gasteiger charge is -2.27. The third-order valence-electron chi connectivity index (χ3n) is 3.71. The second-order valence-corrected chi connectivity index (χ2v) is 5.62. The highest BCUT2D eigenvalue weighted by Gasteiger charge is 2.14. The number of piperazine rings is 1. The van der Waals surface area contributed by atoms with E-state index in [2.05, 4.69) is 10.2 Å². The van der Waals surface area contributed by atoms with Crippen LogP contribution in [0.15, 0.2) is 27.4 Å². The second-order valence-electron chi connectivity index (χ2n) is 5.21. The molecule has 2 aromatic rings. The van der Waals surface area contributed by atoms with Crippen LogP contribution in [-0.2, 0) is 6.54 Å². The molecule has 20 heavy (non-hydrogen) atoms. The van der Waals surface area contributed by atoms with Gasteiger partial charge in [-0.05, 0) is 30.2 Å². The molecular weight excluding hydrogens is 276 g/mol. The fourth-order valence-electron chi connectivity index (χ4n) is 2.59. The first-order valence-electron chi connectivity index (χ1n) is 6.79. The maximum atomic E-state index is 11.7. The molecule has 1 aromatic carbocycles. The summed E-state index contributed by atoms with van der Waals surface area (Å²) in [6.45, 7) is 6.61. The van der Waals surface area contributed by atoms with Gasteiger partial charge < -0.3 is 9.73 Å². The number of nitrogens with zero attached hydrogens (tertiary/aromatic N) is 1. The highest BCUT2D eigenvalue weighted by atomic mass is 35.5. The molecule has 1 aliphatic rings. The van der Waals surface area contributed by atoms with Crippen molar-refractivity contribution >= 4 is 22.6 Å². The fourth-order valence-corrected chi connectivity index (χ4v) is 2.75. The number of aryl methyl sites for hydroxylation is 1. The van der Waals surface area contributed by atoms with Gasteiger partial charge in [-0.3, -0.25) is 4.90 Å². The average Bonchev–Trinajstić information content (AvgIpc) is 2.42. The lowest BCUT2D eigenvalue weighted by molar-refractivity contribution is 0.233. The van der Waals surface area contributed by atoms with Gasteiger partial charge in [0.1, 0.15) is 5.58 Å². The summed E-state index contributed by atoms with van der Waals surface area (Å²) in [7, 11) is 0. The van der Waals surface area contributed by atoms with Crippen LogP contribution in [0.4, 0.5) is 0 Å². The van der Waals surface area contributed by atoms with E-state index in [0.29, 0.717) is 10.6 Å². The molecule has 0 bridgehead atoms. The molecule has 0 spiro atoms. The predicted molar refractivity (Wildman–Crippen MR) is 80.4 cm³/mol. The molecule has 1 fully saturated rings. The molecular formula is C15H17ClN2O2. The molecule has 106 valence electrons.